The fourth-order valence-corrected chi connectivity index (χ4v) is 3.86. The molecule has 2 aliphatic heterocycles. The van der Waals surface area contributed by atoms with Crippen molar-refractivity contribution in [3.8, 4) is 0 Å². The van der Waals surface area contributed by atoms with Gasteiger partial charge >= 0.3 is 0 Å². The highest BCUT2D eigenvalue weighted by molar-refractivity contribution is 5.42. The van der Waals surface area contributed by atoms with Crippen molar-refractivity contribution in [1.29, 1.82) is 0 Å². The predicted molar refractivity (Wildman–Crippen MR) is 96.7 cm³/mol. The average Bonchev–Trinajstić information content (AvgIpc) is 3.17. The predicted octanol–water partition coefficient (Wildman–Crippen LogP) is 2.78. The minimum absolute atomic E-state index is 0.381. The van der Waals surface area contributed by atoms with E-state index in [4.69, 9.17) is 4.74 Å². The van der Waals surface area contributed by atoms with Gasteiger partial charge in [-0.2, -0.15) is 0 Å². The minimum atomic E-state index is -0.734. The van der Waals surface area contributed by atoms with Crippen LogP contribution in [-0.2, 0) is 10.3 Å². The van der Waals surface area contributed by atoms with Crippen LogP contribution in [0.5, 0.6) is 0 Å². The maximum atomic E-state index is 11.0. The summed E-state index contributed by atoms with van der Waals surface area (Å²) in [5, 5.41) is 11.0. The number of rotatable bonds is 3. The van der Waals surface area contributed by atoms with E-state index in [-0.39, 0.29) is 0 Å². The maximum absolute atomic E-state index is 11.0. The summed E-state index contributed by atoms with van der Waals surface area (Å²) >= 11 is 0. The number of ether oxygens (including phenoxy) is 1. The number of hydrogen-bond donors (Lipinski definition) is 1. The van der Waals surface area contributed by atoms with Crippen LogP contribution in [0, 0.1) is 6.92 Å². The molecule has 1 N–H and O–H groups in total. The molecule has 1 atom stereocenters. The van der Waals surface area contributed by atoms with Crippen LogP contribution >= 0.6 is 0 Å². The molecule has 2 aliphatic rings. The maximum Gasteiger partial charge on any atom is 0.132 e. The molecule has 2 fully saturated rings. The molecule has 0 unspecified atom stereocenters. The Bertz CT molecular complexity index is 721. The zero-order valence-corrected chi connectivity index (χ0v) is 14.7. The van der Waals surface area contributed by atoms with Crippen LogP contribution in [0.1, 0.15) is 42.3 Å². The molecule has 1 aromatic heterocycles. The molecule has 132 valence electrons. The molecule has 4 rings (SSSR count). The lowest BCUT2D eigenvalue weighted by Crippen LogP contribution is -2.43. The van der Waals surface area contributed by atoms with Crippen LogP contribution in [-0.4, -0.2) is 41.4 Å². The third-order valence-electron chi connectivity index (χ3n) is 5.42. The Morgan fingerprint density at radius 1 is 1.16 bits per heavy atom. The van der Waals surface area contributed by atoms with Crippen molar-refractivity contribution in [2.24, 2.45) is 0 Å². The van der Waals surface area contributed by atoms with Crippen molar-refractivity contribution in [3.05, 3.63) is 53.5 Å². The number of hydrogen-bond acceptors (Lipinski definition) is 5. The molecule has 25 heavy (non-hydrogen) atoms. The molecule has 2 saturated heterocycles. The lowest BCUT2D eigenvalue weighted by Gasteiger charge is -2.39. The number of piperidine rings is 1. The lowest BCUT2D eigenvalue weighted by atomic mass is 9.84. The number of nitrogens with zero attached hydrogens (tertiary/aromatic N) is 3. The van der Waals surface area contributed by atoms with Gasteiger partial charge in [0, 0.05) is 31.7 Å². The Balaban J connectivity index is 1.51. The highest BCUT2D eigenvalue weighted by Gasteiger charge is 2.34. The number of aryl methyl sites for hydroxylation is 1. The van der Waals surface area contributed by atoms with Gasteiger partial charge in [-0.05, 0) is 31.7 Å². The second-order valence-electron chi connectivity index (χ2n) is 7.14. The summed E-state index contributed by atoms with van der Waals surface area (Å²) in [5.41, 5.74) is 1.36. The SMILES string of the molecule is Cc1nc([C@@H]2CCOC2)cc(N2CCC(O)(c3ccccc3)CC2)n1. The molecule has 1 aromatic carbocycles. The van der Waals surface area contributed by atoms with Crippen molar-refractivity contribution in [3.63, 3.8) is 0 Å². The summed E-state index contributed by atoms with van der Waals surface area (Å²) in [6.45, 7) is 5.11. The van der Waals surface area contributed by atoms with Crippen molar-refractivity contribution in [1.82, 2.24) is 9.97 Å². The molecule has 0 amide bonds. The Morgan fingerprint density at radius 2 is 1.92 bits per heavy atom. The molecular weight excluding hydrogens is 314 g/mol. The first-order chi connectivity index (χ1) is 12.1. The van der Waals surface area contributed by atoms with Gasteiger partial charge in [-0.1, -0.05) is 30.3 Å². The Morgan fingerprint density at radius 3 is 2.60 bits per heavy atom. The van der Waals surface area contributed by atoms with Crippen molar-refractivity contribution >= 4 is 5.82 Å². The first kappa shape index (κ1) is 16.5. The molecular formula is C20H25N3O2. The molecule has 5 nitrogen and oxygen atoms in total. The van der Waals surface area contributed by atoms with Gasteiger partial charge < -0.3 is 14.7 Å². The van der Waals surface area contributed by atoms with Crippen molar-refractivity contribution < 1.29 is 9.84 Å². The van der Waals surface area contributed by atoms with E-state index < -0.39 is 5.60 Å². The van der Waals surface area contributed by atoms with Crippen LogP contribution in [0.2, 0.25) is 0 Å². The summed E-state index contributed by atoms with van der Waals surface area (Å²) < 4.78 is 5.51. The van der Waals surface area contributed by atoms with Gasteiger partial charge in [-0.15, -0.1) is 0 Å². The fraction of sp³-hybridized carbons (Fsp3) is 0.500. The summed E-state index contributed by atoms with van der Waals surface area (Å²) in [4.78, 5) is 11.5. The largest absolute Gasteiger partial charge is 0.385 e. The van der Waals surface area contributed by atoms with Crippen LogP contribution in [0.15, 0.2) is 36.4 Å². The van der Waals surface area contributed by atoms with E-state index in [0.29, 0.717) is 18.8 Å². The molecule has 3 heterocycles. The normalized spacial score (nSPS) is 23.0. The third-order valence-corrected chi connectivity index (χ3v) is 5.42. The number of anilines is 1. The third kappa shape index (κ3) is 3.39. The molecule has 0 spiro atoms. The highest BCUT2D eigenvalue weighted by atomic mass is 16.5. The first-order valence-electron chi connectivity index (χ1n) is 9.10. The monoisotopic (exact) mass is 339 g/mol. The Labute approximate surface area is 148 Å². The van der Waals surface area contributed by atoms with E-state index in [2.05, 4.69) is 20.9 Å². The zero-order chi connectivity index (χ0) is 17.3. The first-order valence-corrected chi connectivity index (χ1v) is 9.10. The Kier molecular flexibility index (Phi) is 4.44. The second-order valence-corrected chi connectivity index (χ2v) is 7.14. The van der Waals surface area contributed by atoms with Gasteiger partial charge in [0.25, 0.3) is 0 Å². The van der Waals surface area contributed by atoms with E-state index in [0.717, 1.165) is 55.6 Å². The standard InChI is InChI=1S/C20H25N3O2/c1-15-21-18(16-7-12-25-14-16)13-19(22-15)23-10-8-20(24,9-11-23)17-5-3-2-4-6-17/h2-6,13,16,24H,7-12,14H2,1H3/t16-/m1/s1. The van der Waals surface area contributed by atoms with Gasteiger partial charge in [-0.3, -0.25) is 0 Å². The van der Waals surface area contributed by atoms with Crippen LogP contribution in [0.4, 0.5) is 5.82 Å². The van der Waals surface area contributed by atoms with Gasteiger partial charge in [0.15, 0.2) is 0 Å². The van der Waals surface area contributed by atoms with E-state index in [1.807, 2.05) is 37.3 Å². The van der Waals surface area contributed by atoms with Gasteiger partial charge in [0.1, 0.15) is 11.6 Å². The smallest absolute Gasteiger partial charge is 0.132 e. The number of aromatic nitrogens is 2. The van der Waals surface area contributed by atoms with E-state index in [1.54, 1.807) is 0 Å². The highest BCUT2D eigenvalue weighted by Crippen LogP contribution is 2.34. The van der Waals surface area contributed by atoms with Crippen molar-refractivity contribution in [2.45, 2.75) is 37.7 Å². The van der Waals surface area contributed by atoms with E-state index in [9.17, 15) is 5.11 Å². The molecule has 0 bridgehead atoms. The zero-order valence-electron chi connectivity index (χ0n) is 14.7. The van der Waals surface area contributed by atoms with Gasteiger partial charge in [0.05, 0.1) is 17.9 Å². The summed E-state index contributed by atoms with van der Waals surface area (Å²) in [6, 6.07) is 12.1. The lowest BCUT2D eigenvalue weighted by molar-refractivity contribution is 0.0116. The van der Waals surface area contributed by atoms with Gasteiger partial charge in [0.2, 0.25) is 0 Å². The fourth-order valence-electron chi connectivity index (χ4n) is 3.86. The van der Waals surface area contributed by atoms with Crippen LogP contribution in [0.25, 0.3) is 0 Å². The molecule has 2 aromatic rings. The number of benzene rings is 1. The van der Waals surface area contributed by atoms with Crippen LogP contribution < -0.4 is 4.90 Å². The summed E-state index contributed by atoms with van der Waals surface area (Å²) in [5.74, 6) is 2.17. The van der Waals surface area contributed by atoms with Crippen LogP contribution in [0.3, 0.4) is 0 Å². The van der Waals surface area contributed by atoms with E-state index in [1.165, 1.54) is 0 Å². The summed E-state index contributed by atoms with van der Waals surface area (Å²) in [6.07, 6.45) is 2.45. The molecule has 0 saturated carbocycles. The minimum Gasteiger partial charge on any atom is -0.385 e. The second kappa shape index (κ2) is 6.73. The summed E-state index contributed by atoms with van der Waals surface area (Å²) in [7, 11) is 0. The number of aliphatic hydroxyl groups is 1. The molecule has 5 heteroatoms. The quantitative estimate of drug-likeness (QED) is 0.932. The van der Waals surface area contributed by atoms with E-state index >= 15 is 0 Å². The average molecular weight is 339 g/mol. The van der Waals surface area contributed by atoms with Gasteiger partial charge in [-0.25, -0.2) is 9.97 Å². The van der Waals surface area contributed by atoms with Crippen molar-refractivity contribution in [2.75, 3.05) is 31.2 Å². The molecule has 0 radical (unpaired) electrons. The Hall–Kier alpha value is -1.98. The topological polar surface area (TPSA) is 58.5 Å². The molecule has 0 aliphatic carbocycles.